The third kappa shape index (κ3) is 4.23. The molecule has 0 unspecified atom stereocenters. The predicted molar refractivity (Wildman–Crippen MR) is 93.1 cm³/mol. The lowest BCUT2D eigenvalue weighted by molar-refractivity contribution is -0.119. The quantitative estimate of drug-likeness (QED) is 0.901. The maximum absolute atomic E-state index is 12.2. The number of rotatable bonds is 3. The molecule has 2 rings (SSSR count). The third-order valence-corrected chi connectivity index (χ3v) is 4.48. The van der Waals surface area contributed by atoms with E-state index in [1.807, 2.05) is 39.0 Å². The molecule has 1 aliphatic heterocycles. The molecular formula is C18H29N3O. The lowest BCUT2D eigenvalue weighted by atomic mass is 9.87. The fraction of sp³-hybridized carbons (Fsp3) is 0.611. The lowest BCUT2D eigenvalue weighted by Crippen LogP contribution is -2.45. The van der Waals surface area contributed by atoms with E-state index < -0.39 is 6.04 Å². The van der Waals surface area contributed by atoms with Gasteiger partial charge in [0.25, 0.3) is 0 Å². The zero-order chi connectivity index (χ0) is 16.3. The number of hydrogen-bond donors (Lipinski definition) is 2. The van der Waals surface area contributed by atoms with Crippen LogP contribution in [0.2, 0.25) is 0 Å². The largest absolute Gasteiger partial charge is 0.371 e. The Morgan fingerprint density at radius 1 is 1.32 bits per heavy atom. The van der Waals surface area contributed by atoms with Crippen molar-refractivity contribution in [2.75, 3.05) is 23.3 Å². The number of nitrogens with zero attached hydrogens (tertiary/aromatic N) is 1. The highest BCUT2D eigenvalue weighted by atomic mass is 16.2. The topological polar surface area (TPSA) is 58.4 Å². The van der Waals surface area contributed by atoms with Gasteiger partial charge in [0.15, 0.2) is 0 Å². The number of nitrogens with two attached hydrogens (primary N) is 1. The summed E-state index contributed by atoms with van der Waals surface area (Å²) in [4.78, 5) is 14.6. The predicted octanol–water partition coefficient (Wildman–Crippen LogP) is 3.23. The summed E-state index contributed by atoms with van der Waals surface area (Å²) < 4.78 is 0. The number of anilines is 2. The molecule has 0 spiro atoms. The monoisotopic (exact) mass is 303 g/mol. The van der Waals surface area contributed by atoms with E-state index in [2.05, 4.69) is 23.2 Å². The van der Waals surface area contributed by atoms with Crippen molar-refractivity contribution in [3.8, 4) is 0 Å². The van der Waals surface area contributed by atoms with Crippen LogP contribution in [-0.4, -0.2) is 25.0 Å². The molecule has 1 aromatic rings. The van der Waals surface area contributed by atoms with E-state index in [0.717, 1.165) is 24.7 Å². The number of piperidine rings is 1. The number of carbonyl (C=O) groups excluding carboxylic acids is 1. The first-order valence-electron chi connectivity index (χ1n) is 8.19. The molecule has 1 saturated heterocycles. The number of amides is 1. The molecule has 0 aromatic heterocycles. The van der Waals surface area contributed by atoms with Crippen LogP contribution in [0, 0.1) is 11.3 Å². The Bertz CT molecular complexity index is 513. The van der Waals surface area contributed by atoms with Crippen molar-refractivity contribution in [1.29, 1.82) is 0 Å². The second-order valence-corrected chi connectivity index (χ2v) is 7.55. The summed E-state index contributed by atoms with van der Waals surface area (Å²) in [7, 11) is 0. The van der Waals surface area contributed by atoms with E-state index in [4.69, 9.17) is 5.73 Å². The summed E-state index contributed by atoms with van der Waals surface area (Å²) >= 11 is 0. The van der Waals surface area contributed by atoms with Gasteiger partial charge in [-0.25, -0.2) is 0 Å². The van der Waals surface area contributed by atoms with Gasteiger partial charge in [0.05, 0.1) is 6.04 Å². The molecule has 0 bridgehead atoms. The molecule has 1 aromatic carbocycles. The number of hydrogen-bond acceptors (Lipinski definition) is 3. The Balaban J connectivity index is 2.04. The van der Waals surface area contributed by atoms with Crippen LogP contribution in [0.4, 0.5) is 11.4 Å². The highest BCUT2D eigenvalue weighted by Crippen LogP contribution is 2.26. The molecule has 3 N–H and O–H groups in total. The fourth-order valence-electron chi connectivity index (χ4n) is 2.66. The van der Waals surface area contributed by atoms with Crippen molar-refractivity contribution < 1.29 is 4.79 Å². The van der Waals surface area contributed by atoms with Gasteiger partial charge in [-0.15, -0.1) is 0 Å². The maximum atomic E-state index is 12.2. The van der Waals surface area contributed by atoms with Gasteiger partial charge < -0.3 is 16.0 Å². The first kappa shape index (κ1) is 16.8. The van der Waals surface area contributed by atoms with Crippen molar-refractivity contribution in [2.45, 2.75) is 46.6 Å². The second-order valence-electron chi connectivity index (χ2n) is 7.55. The van der Waals surface area contributed by atoms with Gasteiger partial charge in [0, 0.05) is 24.5 Å². The Kier molecular flexibility index (Phi) is 5.12. The standard InChI is InChI=1S/C18H29N3O/c1-13-8-10-21(11-9-13)15-7-5-6-14(12-15)20-17(22)16(19)18(2,3)4/h5-7,12-13,16H,8-11,19H2,1-4H3,(H,20,22)/t16-/m1/s1. The van der Waals surface area contributed by atoms with Crippen LogP contribution in [0.25, 0.3) is 0 Å². The van der Waals surface area contributed by atoms with Crippen molar-refractivity contribution in [2.24, 2.45) is 17.1 Å². The van der Waals surface area contributed by atoms with Crippen molar-refractivity contribution >= 4 is 17.3 Å². The van der Waals surface area contributed by atoms with Crippen LogP contribution in [-0.2, 0) is 4.79 Å². The van der Waals surface area contributed by atoms with Gasteiger partial charge in [0.1, 0.15) is 0 Å². The third-order valence-electron chi connectivity index (χ3n) is 4.48. The zero-order valence-corrected chi connectivity index (χ0v) is 14.2. The SMILES string of the molecule is CC1CCN(c2cccc(NC(=O)[C@@H](N)C(C)(C)C)c2)CC1. The van der Waals surface area contributed by atoms with Crippen LogP contribution in [0.5, 0.6) is 0 Å². The second kappa shape index (κ2) is 6.69. The Morgan fingerprint density at radius 3 is 2.55 bits per heavy atom. The van der Waals surface area contributed by atoms with Crippen LogP contribution in [0.1, 0.15) is 40.5 Å². The molecular weight excluding hydrogens is 274 g/mol. The minimum absolute atomic E-state index is 0.128. The molecule has 0 aliphatic carbocycles. The minimum Gasteiger partial charge on any atom is -0.371 e. The molecule has 4 nitrogen and oxygen atoms in total. The Hall–Kier alpha value is -1.55. The first-order chi connectivity index (χ1) is 10.3. The molecule has 0 saturated carbocycles. The highest BCUT2D eigenvalue weighted by molar-refractivity contribution is 5.95. The van der Waals surface area contributed by atoms with Crippen molar-refractivity contribution in [1.82, 2.24) is 0 Å². The molecule has 22 heavy (non-hydrogen) atoms. The summed E-state index contributed by atoms with van der Waals surface area (Å²) in [5.74, 6) is 0.681. The molecule has 1 heterocycles. The average molecular weight is 303 g/mol. The van der Waals surface area contributed by atoms with Crippen LogP contribution < -0.4 is 16.0 Å². The van der Waals surface area contributed by atoms with Gasteiger partial charge in [-0.3, -0.25) is 4.79 Å². The zero-order valence-electron chi connectivity index (χ0n) is 14.2. The molecule has 1 atom stereocenters. The molecule has 0 radical (unpaired) electrons. The summed E-state index contributed by atoms with van der Waals surface area (Å²) in [5.41, 5.74) is 7.77. The van der Waals surface area contributed by atoms with Gasteiger partial charge in [-0.2, -0.15) is 0 Å². The van der Waals surface area contributed by atoms with Crippen molar-refractivity contribution in [3.63, 3.8) is 0 Å². The molecule has 1 aliphatic rings. The summed E-state index contributed by atoms with van der Waals surface area (Å²) in [6, 6.07) is 7.54. The number of nitrogens with one attached hydrogen (secondary N) is 1. The summed E-state index contributed by atoms with van der Waals surface area (Å²) in [6.45, 7) is 10.4. The van der Waals surface area contributed by atoms with Crippen LogP contribution in [0.15, 0.2) is 24.3 Å². The average Bonchev–Trinajstić information content (AvgIpc) is 2.46. The maximum Gasteiger partial charge on any atom is 0.241 e. The smallest absolute Gasteiger partial charge is 0.241 e. The van der Waals surface area contributed by atoms with E-state index in [-0.39, 0.29) is 11.3 Å². The number of benzene rings is 1. The van der Waals surface area contributed by atoms with Gasteiger partial charge in [-0.1, -0.05) is 33.8 Å². The van der Waals surface area contributed by atoms with E-state index in [1.54, 1.807) is 0 Å². The van der Waals surface area contributed by atoms with E-state index in [1.165, 1.54) is 18.5 Å². The van der Waals surface area contributed by atoms with Crippen LogP contribution >= 0.6 is 0 Å². The summed E-state index contributed by atoms with van der Waals surface area (Å²) in [5, 5.41) is 2.95. The molecule has 1 amide bonds. The Morgan fingerprint density at radius 2 is 1.95 bits per heavy atom. The molecule has 4 heteroatoms. The summed E-state index contributed by atoms with van der Waals surface area (Å²) in [6.07, 6.45) is 2.46. The van der Waals surface area contributed by atoms with Gasteiger partial charge in [0.2, 0.25) is 5.91 Å². The fourth-order valence-corrected chi connectivity index (χ4v) is 2.66. The molecule has 122 valence electrons. The first-order valence-corrected chi connectivity index (χ1v) is 8.19. The Labute approximate surface area is 134 Å². The van der Waals surface area contributed by atoms with Crippen molar-refractivity contribution in [3.05, 3.63) is 24.3 Å². The lowest BCUT2D eigenvalue weighted by Gasteiger charge is -2.32. The van der Waals surface area contributed by atoms with Gasteiger partial charge in [-0.05, 0) is 42.4 Å². The normalized spacial score (nSPS) is 18.1. The van der Waals surface area contributed by atoms with Gasteiger partial charge >= 0.3 is 0 Å². The molecule has 1 fully saturated rings. The van der Waals surface area contributed by atoms with E-state index in [9.17, 15) is 4.79 Å². The van der Waals surface area contributed by atoms with E-state index >= 15 is 0 Å². The van der Waals surface area contributed by atoms with E-state index in [0.29, 0.717) is 0 Å². The highest BCUT2D eigenvalue weighted by Gasteiger charge is 2.27. The number of carbonyl (C=O) groups is 1. The van der Waals surface area contributed by atoms with Crippen LogP contribution in [0.3, 0.4) is 0 Å². The minimum atomic E-state index is -0.521.